The van der Waals surface area contributed by atoms with Gasteiger partial charge in [0.05, 0.1) is 16.1 Å². The number of hydrogen-bond acceptors (Lipinski definition) is 7. The van der Waals surface area contributed by atoms with E-state index >= 15 is 0 Å². The van der Waals surface area contributed by atoms with Gasteiger partial charge in [0.1, 0.15) is 16.3 Å². The molecule has 0 bridgehead atoms. The van der Waals surface area contributed by atoms with E-state index in [1.165, 1.54) is 17.4 Å². The van der Waals surface area contributed by atoms with Crippen molar-refractivity contribution in [1.29, 1.82) is 0 Å². The predicted octanol–water partition coefficient (Wildman–Crippen LogP) is 3.55. The molecule has 3 aromatic rings. The first-order valence-electron chi connectivity index (χ1n) is 9.06. The zero-order valence-electron chi connectivity index (χ0n) is 15.7. The molecular weight excluding hydrogens is 378 g/mol. The van der Waals surface area contributed by atoms with Gasteiger partial charge in [-0.05, 0) is 32.8 Å². The van der Waals surface area contributed by atoms with Gasteiger partial charge in [-0.25, -0.2) is 15.6 Å². The Balaban J connectivity index is 1.75. The first-order chi connectivity index (χ1) is 13.5. The molecule has 0 atom stereocenters. The number of amides is 1. The molecular formula is C19H21N5O3S. The van der Waals surface area contributed by atoms with Gasteiger partial charge in [0.15, 0.2) is 0 Å². The number of H-pyrrole nitrogens is 1. The number of nitrogens with one attached hydrogen (secondary N) is 2. The van der Waals surface area contributed by atoms with Crippen LogP contribution >= 0.6 is 11.3 Å². The van der Waals surface area contributed by atoms with Crippen molar-refractivity contribution in [2.75, 3.05) is 18.0 Å². The molecule has 1 aromatic carbocycles. The zero-order valence-corrected chi connectivity index (χ0v) is 16.5. The van der Waals surface area contributed by atoms with Crippen molar-refractivity contribution in [2.24, 2.45) is 0 Å². The van der Waals surface area contributed by atoms with Crippen molar-refractivity contribution < 1.29 is 14.7 Å². The van der Waals surface area contributed by atoms with E-state index in [1.807, 2.05) is 26.0 Å². The molecule has 0 radical (unpaired) electrons. The predicted molar refractivity (Wildman–Crippen MR) is 108 cm³/mol. The van der Waals surface area contributed by atoms with Crippen molar-refractivity contribution in [3.05, 3.63) is 34.5 Å². The van der Waals surface area contributed by atoms with E-state index in [1.54, 1.807) is 11.6 Å². The van der Waals surface area contributed by atoms with E-state index in [0.29, 0.717) is 16.6 Å². The van der Waals surface area contributed by atoms with Gasteiger partial charge >= 0.3 is 0 Å². The van der Waals surface area contributed by atoms with Gasteiger partial charge in [-0.3, -0.25) is 10.0 Å². The summed E-state index contributed by atoms with van der Waals surface area (Å²) < 4.78 is 7.05. The van der Waals surface area contributed by atoms with E-state index in [2.05, 4.69) is 20.1 Å². The molecule has 146 valence electrons. The summed E-state index contributed by atoms with van der Waals surface area (Å²) in [5.74, 6) is 0.759. The van der Waals surface area contributed by atoms with Crippen molar-refractivity contribution in [3.63, 3.8) is 0 Å². The highest BCUT2D eigenvalue weighted by atomic mass is 32.1. The number of hydroxylamine groups is 1. The molecule has 3 N–H and O–H groups in total. The van der Waals surface area contributed by atoms with Gasteiger partial charge in [-0.15, -0.1) is 11.3 Å². The molecule has 0 saturated carbocycles. The Bertz CT molecular complexity index is 1050. The number of anilines is 1. The number of carbonyl (C=O) groups excluding carboxylic acids is 1. The van der Waals surface area contributed by atoms with Crippen LogP contribution in [0.4, 0.5) is 5.69 Å². The average molecular weight is 399 g/mol. The molecule has 28 heavy (non-hydrogen) atoms. The van der Waals surface area contributed by atoms with Gasteiger partial charge in [0.2, 0.25) is 5.88 Å². The summed E-state index contributed by atoms with van der Waals surface area (Å²) in [4.78, 5) is 18.3. The minimum Gasteiger partial charge on any atom is -0.439 e. The molecule has 0 spiro atoms. The fourth-order valence-electron chi connectivity index (χ4n) is 3.20. The average Bonchev–Trinajstić information content (AvgIpc) is 3.42. The van der Waals surface area contributed by atoms with E-state index in [0.717, 1.165) is 53.1 Å². The van der Waals surface area contributed by atoms with Crippen LogP contribution in [0, 0.1) is 13.8 Å². The lowest BCUT2D eigenvalue weighted by molar-refractivity contribution is -0.124. The molecule has 0 unspecified atom stereocenters. The topological polar surface area (TPSA) is 103 Å². The van der Waals surface area contributed by atoms with Gasteiger partial charge in [-0.2, -0.15) is 5.10 Å². The van der Waals surface area contributed by atoms with Crippen LogP contribution in [-0.4, -0.2) is 39.4 Å². The van der Waals surface area contributed by atoms with Gasteiger partial charge in [0, 0.05) is 36.9 Å². The molecule has 1 aliphatic rings. The summed E-state index contributed by atoms with van der Waals surface area (Å²) >= 11 is 1.46. The van der Waals surface area contributed by atoms with Crippen molar-refractivity contribution in [2.45, 2.75) is 26.7 Å². The Morgan fingerprint density at radius 3 is 2.82 bits per heavy atom. The van der Waals surface area contributed by atoms with Crippen molar-refractivity contribution >= 4 is 39.2 Å². The van der Waals surface area contributed by atoms with Crippen LogP contribution in [0.15, 0.2) is 18.2 Å². The van der Waals surface area contributed by atoms with Crippen LogP contribution in [0.3, 0.4) is 0 Å². The SMILES string of the molecule is Cc1n[nH]c(Oc2cc(N3CCCC3)c3nc(/C=C/C(=O)NO)sc3c2)c1C. The van der Waals surface area contributed by atoms with Crippen molar-refractivity contribution in [1.82, 2.24) is 20.7 Å². The number of benzene rings is 1. The van der Waals surface area contributed by atoms with Crippen LogP contribution in [-0.2, 0) is 4.79 Å². The Morgan fingerprint density at radius 1 is 1.36 bits per heavy atom. The number of ether oxygens (including phenoxy) is 1. The summed E-state index contributed by atoms with van der Waals surface area (Å²) in [6, 6.07) is 3.96. The lowest BCUT2D eigenvalue weighted by atomic mass is 10.2. The number of aromatic nitrogens is 3. The monoisotopic (exact) mass is 399 g/mol. The van der Waals surface area contributed by atoms with E-state index in [4.69, 9.17) is 9.94 Å². The van der Waals surface area contributed by atoms with Crippen LogP contribution in [0.2, 0.25) is 0 Å². The Hall–Kier alpha value is -2.91. The summed E-state index contributed by atoms with van der Waals surface area (Å²) in [6.45, 7) is 5.87. The second-order valence-corrected chi connectivity index (χ2v) is 7.77. The number of nitrogens with zero attached hydrogens (tertiary/aromatic N) is 3. The number of rotatable bonds is 5. The molecule has 3 heterocycles. The third-order valence-electron chi connectivity index (χ3n) is 4.83. The van der Waals surface area contributed by atoms with E-state index in [9.17, 15) is 4.79 Å². The number of thiazole rings is 1. The van der Waals surface area contributed by atoms with Crippen LogP contribution in [0.5, 0.6) is 11.6 Å². The Labute approximate surface area is 165 Å². The molecule has 0 aliphatic carbocycles. The maximum atomic E-state index is 11.3. The maximum Gasteiger partial charge on any atom is 0.267 e. The summed E-state index contributed by atoms with van der Waals surface area (Å²) in [6.07, 6.45) is 5.15. The Morgan fingerprint density at radius 2 is 2.14 bits per heavy atom. The second kappa shape index (κ2) is 7.61. The largest absolute Gasteiger partial charge is 0.439 e. The lowest BCUT2D eigenvalue weighted by Crippen LogP contribution is -2.18. The maximum absolute atomic E-state index is 11.3. The van der Waals surface area contributed by atoms with Gasteiger partial charge < -0.3 is 9.64 Å². The molecule has 1 amide bonds. The third-order valence-corrected chi connectivity index (χ3v) is 5.80. The highest BCUT2D eigenvalue weighted by Crippen LogP contribution is 2.38. The zero-order chi connectivity index (χ0) is 19.7. The standard InChI is InChI=1S/C19H21N5O3S/c1-11-12(2)21-22-19(11)27-13-9-14(24-7-3-4-8-24)18-15(10-13)28-17(20-18)6-5-16(25)23-26/h5-6,9-10,26H,3-4,7-8H2,1-2H3,(H,21,22)(H,23,25)/b6-5+. The first-order valence-corrected chi connectivity index (χ1v) is 9.88. The van der Waals surface area contributed by atoms with E-state index < -0.39 is 5.91 Å². The molecule has 1 aliphatic heterocycles. The number of aromatic amines is 1. The third kappa shape index (κ3) is 3.58. The van der Waals surface area contributed by atoms with E-state index in [-0.39, 0.29) is 0 Å². The molecule has 1 saturated heterocycles. The van der Waals surface area contributed by atoms with Gasteiger partial charge in [-0.1, -0.05) is 0 Å². The van der Waals surface area contributed by atoms with Crippen molar-refractivity contribution in [3.8, 4) is 11.6 Å². The highest BCUT2D eigenvalue weighted by molar-refractivity contribution is 7.19. The number of carbonyl (C=O) groups is 1. The fourth-order valence-corrected chi connectivity index (χ4v) is 4.12. The molecule has 1 fully saturated rings. The summed E-state index contributed by atoms with van der Waals surface area (Å²) in [5.41, 5.74) is 5.38. The Kier molecular flexibility index (Phi) is 5.01. The smallest absolute Gasteiger partial charge is 0.267 e. The normalized spacial score (nSPS) is 14.3. The minimum absolute atomic E-state index is 0.590. The quantitative estimate of drug-likeness (QED) is 0.344. The molecule has 4 rings (SSSR count). The van der Waals surface area contributed by atoms with Crippen LogP contribution in [0.1, 0.15) is 29.1 Å². The van der Waals surface area contributed by atoms with Gasteiger partial charge in [0.25, 0.3) is 5.91 Å². The molecule has 8 nitrogen and oxygen atoms in total. The molecule has 9 heteroatoms. The van der Waals surface area contributed by atoms with Crippen LogP contribution < -0.4 is 15.1 Å². The number of aryl methyl sites for hydroxylation is 1. The summed E-state index contributed by atoms with van der Waals surface area (Å²) in [7, 11) is 0. The number of hydrogen-bond donors (Lipinski definition) is 3. The lowest BCUT2D eigenvalue weighted by Gasteiger charge is -2.19. The second-order valence-electron chi connectivity index (χ2n) is 6.71. The highest BCUT2D eigenvalue weighted by Gasteiger charge is 2.20. The van der Waals surface area contributed by atoms with Crippen LogP contribution in [0.25, 0.3) is 16.3 Å². The summed E-state index contributed by atoms with van der Waals surface area (Å²) in [5, 5.41) is 16.4. The fraction of sp³-hybridized carbons (Fsp3) is 0.316. The minimum atomic E-state index is -0.590. The first kappa shape index (κ1) is 18.5. The number of fused-ring (bicyclic) bond motifs is 1. The molecule has 2 aromatic heterocycles.